The van der Waals surface area contributed by atoms with Crippen molar-refractivity contribution in [2.75, 3.05) is 17.9 Å². The summed E-state index contributed by atoms with van der Waals surface area (Å²) in [7, 11) is -3.86. The zero-order valence-corrected chi connectivity index (χ0v) is 20.3. The van der Waals surface area contributed by atoms with Crippen molar-refractivity contribution < 1.29 is 17.9 Å². The molecular formula is C26H30N2O4S. The van der Waals surface area contributed by atoms with Crippen LogP contribution in [0.25, 0.3) is 0 Å². The molecule has 0 heterocycles. The molecule has 7 heteroatoms. The molecule has 0 spiro atoms. The van der Waals surface area contributed by atoms with E-state index in [4.69, 9.17) is 4.74 Å². The van der Waals surface area contributed by atoms with Gasteiger partial charge in [-0.15, -0.1) is 0 Å². The second-order valence-corrected chi connectivity index (χ2v) is 9.59. The van der Waals surface area contributed by atoms with Crippen LogP contribution in [0, 0.1) is 20.8 Å². The number of sulfonamides is 1. The smallest absolute Gasteiger partial charge is 0.262 e. The van der Waals surface area contributed by atoms with Crippen LogP contribution in [-0.2, 0) is 16.4 Å². The standard InChI is InChI=1S/C26H30N2O4S/c1-5-21-10-13-23(14-11-21)32-16-15-27-26(29)22-12-9-19(3)25(17-22)33(30,31)28-24-8-6-7-18(2)20(24)4/h6-14,17,28H,5,15-16H2,1-4H3,(H,27,29). The second kappa shape index (κ2) is 10.5. The normalized spacial score (nSPS) is 11.2. The van der Waals surface area contributed by atoms with E-state index in [0.29, 0.717) is 24.4 Å². The van der Waals surface area contributed by atoms with E-state index < -0.39 is 10.0 Å². The number of carbonyl (C=O) groups excluding carboxylic acids is 1. The van der Waals surface area contributed by atoms with Gasteiger partial charge < -0.3 is 10.1 Å². The Kier molecular flexibility index (Phi) is 7.76. The number of carbonyl (C=O) groups is 1. The van der Waals surface area contributed by atoms with Gasteiger partial charge in [0.15, 0.2) is 0 Å². The van der Waals surface area contributed by atoms with Gasteiger partial charge >= 0.3 is 0 Å². The molecular weight excluding hydrogens is 436 g/mol. The van der Waals surface area contributed by atoms with E-state index in [1.807, 2.05) is 44.2 Å². The van der Waals surface area contributed by atoms with Crippen molar-refractivity contribution in [3.8, 4) is 5.75 Å². The van der Waals surface area contributed by atoms with Crippen LogP contribution < -0.4 is 14.8 Å². The van der Waals surface area contributed by atoms with Gasteiger partial charge in [-0.05, 0) is 79.8 Å². The van der Waals surface area contributed by atoms with Crippen LogP contribution in [0.4, 0.5) is 5.69 Å². The summed E-state index contributed by atoms with van der Waals surface area (Å²) >= 11 is 0. The lowest BCUT2D eigenvalue weighted by Gasteiger charge is -2.14. The lowest BCUT2D eigenvalue weighted by Crippen LogP contribution is -2.28. The highest BCUT2D eigenvalue weighted by atomic mass is 32.2. The number of nitrogens with one attached hydrogen (secondary N) is 2. The molecule has 0 fully saturated rings. The minimum atomic E-state index is -3.86. The van der Waals surface area contributed by atoms with Crippen molar-refractivity contribution in [2.24, 2.45) is 0 Å². The molecule has 0 atom stereocenters. The quantitative estimate of drug-likeness (QED) is 0.444. The molecule has 0 radical (unpaired) electrons. The van der Waals surface area contributed by atoms with E-state index in [1.165, 1.54) is 11.6 Å². The third kappa shape index (κ3) is 6.14. The Morgan fingerprint density at radius 2 is 1.67 bits per heavy atom. The van der Waals surface area contributed by atoms with E-state index in [-0.39, 0.29) is 16.4 Å². The molecule has 174 valence electrons. The van der Waals surface area contributed by atoms with Gasteiger partial charge in [0.2, 0.25) is 0 Å². The van der Waals surface area contributed by atoms with E-state index >= 15 is 0 Å². The molecule has 0 unspecified atom stereocenters. The van der Waals surface area contributed by atoms with E-state index in [2.05, 4.69) is 17.0 Å². The SMILES string of the molecule is CCc1ccc(OCCNC(=O)c2ccc(C)c(S(=O)(=O)Nc3cccc(C)c3C)c2)cc1. The summed E-state index contributed by atoms with van der Waals surface area (Å²) in [5, 5.41) is 2.78. The Balaban J connectivity index is 1.65. The predicted octanol–water partition coefficient (Wildman–Crippen LogP) is 4.78. The summed E-state index contributed by atoms with van der Waals surface area (Å²) in [5.41, 5.74) is 4.43. The van der Waals surface area contributed by atoms with Crippen molar-refractivity contribution in [3.05, 3.63) is 88.5 Å². The van der Waals surface area contributed by atoms with Gasteiger partial charge in [0.25, 0.3) is 15.9 Å². The van der Waals surface area contributed by atoms with Crippen LogP contribution in [0.15, 0.2) is 65.6 Å². The molecule has 0 aliphatic heterocycles. The number of amides is 1. The van der Waals surface area contributed by atoms with Crippen molar-refractivity contribution in [1.29, 1.82) is 0 Å². The zero-order chi connectivity index (χ0) is 24.0. The number of rotatable bonds is 9. The number of hydrogen-bond acceptors (Lipinski definition) is 4. The van der Waals surface area contributed by atoms with Crippen LogP contribution in [0.3, 0.4) is 0 Å². The summed E-state index contributed by atoms with van der Waals surface area (Å²) in [4.78, 5) is 12.7. The molecule has 3 rings (SSSR count). The summed E-state index contributed by atoms with van der Waals surface area (Å²) in [6.07, 6.45) is 0.963. The van der Waals surface area contributed by atoms with Gasteiger partial charge in [-0.3, -0.25) is 9.52 Å². The maximum absolute atomic E-state index is 13.1. The largest absolute Gasteiger partial charge is 0.492 e. The zero-order valence-electron chi connectivity index (χ0n) is 19.4. The number of benzene rings is 3. The van der Waals surface area contributed by atoms with E-state index in [0.717, 1.165) is 23.3 Å². The first-order valence-electron chi connectivity index (χ1n) is 10.9. The lowest BCUT2D eigenvalue weighted by atomic mass is 10.1. The first kappa shape index (κ1) is 24.3. The Morgan fingerprint density at radius 1 is 0.939 bits per heavy atom. The Bertz CT molecular complexity index is 1240. The first-order valence-corrected chi connectivity index (χ1v) is 12.4. The summed E-state index contributed by atoms with van der Waals surface area (Å²) < 4.78 is 34.4. The highest BCUT2D eigenvalue weighted by Crippen LogP contribution is 2.24. The molecule has 3 aromatic carbocycles. The van der Waals surface area contributed by atoms with E-state index in [9.17, 15) is 13.2 Å². The predicted molar refractivity (Wildman–Crippen MR) is 132 cm³/mol. The lowest BCUT2D eigenvalue weighted by molar-refractivity contribution is 0.0946. The molecule has 0 aliphatic rings. The third-order valence-corrected chi connectivity index (χ3v) is 7.08. The summed E-state index contributed by atoms with van der Waals surface area (Å²) in [5.74, 6) is 0.380. The monoisotopic (exact) mass is 466 g/mol. The van der Waals surface area contributed by atoms with Crippen LogP contribution in [0.5, 0.6) is 5.75 Å². The van der Waals surface area contributed by atoms with Gasteiger partial charge in [0, 0.05) is 5.56 Å². The van der Waals surface area contributed by atoms with Crippen LogP contribution in [-0.4, -0.2) is 27.5 Å². The minimum Gasteiger partial charge on any atom is -0.492 e. The van der Waals surface area contributed by atoms with Crippen molar-refractivity contribution in [3.63, 3.8) is 0 Å². The van der Waals surface area contributed by atoms with Crippen molar-refractivity contribution in [2.45, 2.75) is 39.0 Å². The summed E-state index contributed by atoms with van der Waals surface area (Å²) in [6.45, 7) is 8.19. The molecule has 3 aromatic rings. The molecule has 0 aliphatic carbocycles. The minimum absolute atomic E-state index is 0.0725. The molecule has 6 nitrogen and oxygen atoms in total. The number of anilines is 1. The Labute approximate surface area is 196 Å². The summed E-state index contributed by atoms with van der Waals surface area (Å²) in [6, 6.07) is 17.9. The topological polar surface area (TPSA) is 84.5 Å². The highest BCUT2D eigenvalue weighted by molar-refractivity contribution is 7.92. The molecule has 0 saturated heterocycles. The fraction of sp³-hybridized carbons (Fsp3) is 0.269. The fourth-order valence-corrected chi connectivity index (χ4v) is 4.74. The number of aryl methyl sites for hydroxylation is 3. The average Bonchev–Trinajstić information content (AvgIpc) is 2.80. The van der Waals surface area contributed by atoms with Crippen molar-refractivity contribution >= 4 is 21.6 Å². The average molecular weight is 467 g/mol. The van der Waals surface area contributed by atoms with Crippen LogP contribution in [0.1, 0.15) is 39.5 Å². The fourth-order valence-electron chi connectivity index (χ4n) is 3.35. The second-order valence-electron chi connectivity index (χ2n) is 7.94. The molecule has 1 amide bonds. The maximum Gasteiger partial charge on any atom is 0.262 e. The molecule has 33 heavy (non-hydrogen) atoms. The Morgan fingerprint density at radius 3 is 2.36 bits per heavy atom. The highest BCUT2D eigenvalue weighted by Gasteiger charge is 2.20. The van der Waals surface area contributed by atoms with Crippen molar-refractivity contribution in [1.82, 2.24) is 5.32 Å². The molecule has 0 aromatic heterocycles. The van der Waals surface area contributed by atoms with Gasteiger partial charge in [-0.25, -0.2) is 8.42 Å². The number of ether oxygens (including phenoxy) is 1. The molecule has 2 N–H and O–H groups in total. The number of hydrogen-bond donors (Lipinski definition) is 2. The van der Waals surface area contributed by atoms with Gasteiger partial charge in [0.1, 0.15) is 12.4 Å². The maximum atomic E-state index is 13.1. The van der Waals surface area contributed by atoms with Crippen LogP contribution in [0.2, 0.25) is 0 Å². The Hall–Kier alpha value is -3.32. The van der Waals surface area contributed by atoms with Gasteiger partial charge in [-0.2, -0.15) is 0 Å². The molecule has 0 saturated carbocycles. The van der Waals surface area contributed by atoms with Gasteiger partial charge in [-0.1, -0.05) is 37.3 Å². The van der Waals surface area contributed by atoms with Gasteiger partial charge in [0.05, 0.1) is 17.1 Å². The first-order chi connectivity index (χ1) is 15.7. The van der Waals surface area contributed by atoms with Crippen LogP contribution >= 0.6 is 0 Å². The third-order valence-electron chi connectivity index (χ3n) is 5.58. The molecule has 0 bridgehead atoms. The van der Waals surface area contributed by atoms with E-state index in [1.54, 1.807) is 31.2 Å².